The number of hydrogen-bond donors (Lipinski definition) is 0. The van der Waals surface area contributed by atoms with Crippen LogP contribution in [0.5, 0.6) is 0 Å². The van der Waals surface area contributed by atoms with Gasteiger partial charge >= 0.3 is 5.97 Å². The number of hydrogen-bond acceptors (Lipinski definition) is 3. The number of esters is 1. The SMILES string of the molecule is COC(=O)c1cc(C)ccc1C#N. The van der Waals surface area contributed by atoms with Crippen LogP contribution in [0.1, 0.15) is 21.5 Å². The zero-order valence-corrected chi connectivity index (χ0v) is 7.50. The van der Waals surface area contributed by atoms with Gasteiger partial charge in [0.15, 0.2) is 0 Å². The summed E-state index contributed by atoms with van der Waals surface area (Å²) in [5, 5.41) is 8.70. The smallest absolute Gasteiger partial charge is 0.339 e. The number of benzene rings is 1. The molecule has 0 saturated carbocycles. The molecule has 0 saturated heterocycles. The Morgan fingerprint density at radius 3 is 2.77 bits per heavy atom. The molecule has 1 aromatic rings. The number of nitrogens with zero attached hydrogens (tertiary/aromatic N) is 1. The minimum Gasteiger partial charge on any atom is -0.465 e. The van der Waals surface area contributed by atoms with Crippen molar-refractivity contribution in [2.75, 3.05) is 7.11 Å². The van der Waals surface area contributed by atoms with Gasteiger partial charge in [0.05, 0.1) is 18.2 Å². The molecule has 0 radical (unpaired) electrons. The van der Waals surface area contributed by atoms with E-state index in [2.05, 4.69) is 4.74 Å². The van der Waals surface area contributed by atoms with Crippen molar-refractivity contribution in [3.8, 4) is 6.07 Å². The molecular weight excluding hydrogens is 166 g/mol. The molecule has 0 N–H and O–H groups in total. The topological polar surface area (TPSA) is 50.1 Å². The van der Waals surface area contributed by atoms with Gasteiger partial charge < -0.3 is 4.74 Å². The van der Waals surface area contributed by atoms with Crippen LogP contribution in [0, 0.1) is 18.3 Å². The standard InChI is InChI=1S/C10H9NO2/c1-7-3-4-8(6-11)9(5-7)10(12)13-2/h3-5H,1-2H3. The molecule has 0 fully saturated rings. The van der Waals surface area contributed by atoms with Crippen LogP contribution in [-0.2, 0) is 4.74 Å². The van der Waals surface area contributed by atoms with E-state index in [1.165, 1.54) is 7.11 Å². The third kappa shape index (κ3) is 1.85. The maximum atomic E-state index is 11.2. The predicted molar refractivity (Wildman–Crippen MR) is 47.2 cm³/mol. The van der Waals surface area contributed by atoms with Crippen LogP contribution < -0.4 is 0 Å². The highest BCUT2D eigenvalue weighted by molar-refractivity contribution is 5.92. The van der Waals surface area contributed by atoms with Crippen molar-refractivity contribution in [1.29, 1.82) is 5.26 Å². The van der Waals surface area contributed by atoms with E-state index in [1.807, 2.05) is 13.0 Å². The molecule has 1 aromatic carbocycles. The number of carbonyl (C=O) groups is 1. The lowest BCUT2D eigenvalue weighted by Crippen LogP contribution is -2.04. The van der Waals surface area contributed by atoms with E-state index in [4.69, 9.17) is 5.26 Å². The van der Waals surface area contributed by atoms with Crippen LogP contribution in [0.25, 0.3) is 0 Å². The Labute approximate surface area is 76.6 Å². The third-order valence-electron chi connectivity index (χ3n) is 1.70. The van der Waals surface area contributed by atoms with Gasteiger partial charge in [-0.15, -0.1) is 0 Å². The van der Waals surface area contributed by atoms with Crippen LogP contribution in [0.2, 0.25) is 0 Å². The van der Waals surface area contributed by atoms with E-state index in [-0.39, 0.29) is 0 Å². The van der Waals surface area contributed by atoms with Crippen LogP contribution in [0.3, 0.4) is 0 Å². The molecule has 3 heteroatoms. The summed E-state index contributed by atoms with van der Waals surface area (Å²) >= 11 is 0. The van der Waals surface area contributed by atoms with Crippen molar-refractivity contribution < 1.29 is 9.53 Å². The van der Waals surface area contributed by atoms with Crippen molar-refractivity contribution in [2.24, 2.45) is 0 Å². The van der Waals surface area contributed by atoms with Crippen molar-refractivity contribution in [3.05, 3.63) is 34.9 Å². The molecule has 0 spiro atoms. The number of carbonyl (C=O) groups excluding carboxylic acids is 1. The van der Waals surface area contributed by atoms with Gasteiger partial charge in [-0.25, -0.2) is 4.79 Å². The molecule has 3 nitrogen and oxygen atoms in total. The van der Waals surface area contributed by atoms with Gasteiger partial charge in [-0.3, -0.25) is 0 Å². The van der Waals surface area contributed by atoms with Gasteiger partial charge in [0.2, 0.25) is 0 Å². The summed E-state index contributed by atoms with van der Waals surface area (Å²) in [5.41, 5.74) is 1.60. The maximum Gasteiger partial charge on any atom is 0.339 e. The molecule has 0 aliphatic carbocycles. The second-order valence-corrected chi connectivity index (χ2v) is 2.65. The summed E-state index contributed by atoms with van der Waals surface area (Å²) in [4.78, 5) is 11.2. The number of aryl methyl sites for hydroxylation is 1. The summed E-state index contributed by atoms with van der Waals surface area (Å²) in [5.74, 6) is -0.472. The summed E-state index contributed by atoms with van der Waals surface area (Å²) in [6.45, 7) is 1.85. The number of rotatable bonds is 1. The average Bonchev–Trinajstić information content (AvgIpc) is 2.16. The summed E-state index contributed by atoms with van der Waals surface area (Å²) in [6, 6.07) is 6.98. The fourth-order valence-electron chi connectivity index (χ4n) is 1.03. The normalized spacial score (nSPS) is 9.00. The molecule has 1 rings (SSSR count). The van der Waals surface area contributed by atoms with E-state index in [0.29, 0.717) is 11.1 Å². The van der Waals surface area contributed by atoms with Gasteiger partial charge in [0, 0.05) is 0 Å². The molecule has 0 bridgehead atoms. The van der Waals surface area contributed by atoms with Crippen molar-refractivity contribution in [3.63, 3.8) is 0 Å². The first-order valence-electron chi connectivity index (χ1n) is 3.78. The Bertz CT molecular complexity index is 377. The second kappa shape index (κ2) is 3.72. The Hall–Kier alpha value is -1.82. The number of ether oxygens (including phenoxy) is 1. The maximum absolute atomic E-state index is 11.2. The first-order chi connectivity index (χ1) is 6.19. The molecule has 0 aliphatic heterocycles. The van der Waals surface area contributed by atoms with Crippen molar-refractivity contribution in [1.82, 2.24) is 0 Å². The highest BCUT2D eigenvalue weighted by atomic mass is 16.5. The predicted octanol–water partition coefficient (Wildman–Crippen LogP) is 1.65. The molecular formula is C10H9NO2. The van der Waals surface area contributed by atoms with Gasteiger partial charge in [0.25, 0.3) is 0 Å². The first-order valence-corrected chi connectivity index (χ1v) is 3.78. The van der Waals surface area contributed by atoms with E-state index in [0.717, 1.165) is 5.56 Å². The lowest BCUT2D eigenvalue weighted by Gasteiger charge is -2.02. The summed E-state index contributed by atoms with van der Waals surface area (Å²) in [6.07, 6.45) is 0. The van der Waals surface area contributed by atoms with Crippen LogP contribution in [-0.4, -0.2) is 13.1 Å². The van der Waals surface area contributed by atoms with Crippen LogP contribution >= 0.6 is 0 Å². The molecule has 0 amide bonds. The molecule has 66 valence electrons. The molecule has 0 unspecified atom stereocenters. The van der Waals surface area contributed by atoms with Crippen molar-refractivity contribution in [2.45, 2.75) is 6.92 Å². The Balaban J connectivity index is 3.25. The molecule has 0 heterocycles. The largest absolute Gasteiger partial charge is 0.465 e. The fraction of sp³-hybridized carbons (Fsp3) is 0.200. The summed E-state index contributed by atoms with van der Waals surface area (Å²) < 4.78 is 4.54. The van der Waals surface area contributed by atoms with Crippen molar-refractivity contribution >= 4 is 5.97 Å². The van der Waals surface area contributed by atoms with Gasteiger partial charge in [0.1, 0.15) is 6.07 Å². The van der Waals surface area contributed by atoms with Gasteiger partial charge in [-0.05, 0) is 19.1 Å². The third-order valence-corrected chi connectivity index (χ3v) is 1.70. The highest BCUT2D eigenvalue weighted by Crippen LogP contribution is 2.11. The molecule has 0 atom stereocenters. The Kier molecular flexibility index (Phi) is 2.65. The van der Waals surface area contributed by atoms with Gasteiger partial charge in [-0.2, -0.15) is 5.26 Å². The molecule has 0 aliphatic rings. The monoisotopic (exact) mass is 175 g/mol. The Morgan fingerprint density at radius 1 is 1.54 bits per heavy atom. The quantitative estimate of drug-likeness (QED) is 0.610. The lowest BCUT2D eigenvalue weighted by molar-refractivity contribution is 0.0600. The molecule has 0 aromatic heterocycles. The zero-order valence-electron chi connectivity index (χ0n) is 7.50. The minimum absolute atomic E-state index is 0.324. The first kappa shape index (κ1) is 9.27. The fourth-order valence-corrected chi connectivity index (χ4v) is 1.03. The van der Waals surface area contributed by atoms with E-state index in [9.17, 15) is 4.79 Å². The number of nitriles is 1. The lowest BCUT2D eigenvalue weighted by atomic mass is 10.1. The van der Waals surface area contributed by atoms with E-state index in [1.54, 1.807) is 18.2 Å². The average molecular weight is 175 g/mol. The van der Waals surface area contributed by atoms with E-state index >= 15 is 0 Å². The second-order valence-electron chi connectivity index (χ2n) is 2.65. The highest BCUT2D eigenvalue weighted by Gasteiger charge is 2.10. The van der Waals surface area contributed by atoms with E-state index < -0.39 is 5.97 Å². The zero-order chi connectivity index (χ0) is 9.84. The minimum atomic E-state index is -0.472. The van der Waals surface area contributed by atoms with Gasteiger partial charge in [-0.1, -0.05) is 11.6 Å². The Morgan fingerprint density at radius 2 is 2.23 bits per heavy atom. The van der Waals surface area contributed by atoms with Crippen LogP contribution in [0.4, 0.5) is 0 Å². The van der Waals surface area contributed by atoms with Crippen LogP contribution in [0.15, 0.2) is 18.2 Å². The number of methoxy groups -OCH3 is 1. The summed E-state index contributed by atoms with van der Waals surface area (Å²) in [7, 11) is 1.30. The molecule has 13 heavy (non-hydrogen) atoms.